The zero-order valence-corrected chi connectivity index (χ0v) is 13.0. The summed E-state index contributed by atoms with van der Waals surface area (Å²) in [7, 11) is 2.11. The molecule has 0 unspecified atom stereocenters. The van der Waals surface area contributed by atoms with Crippen molar-refractivity contribution in [2.45, 2.75) is 6.54 Å². The van der Waals surface area contributed by atoms with E-state index in [9.17, 15) is 4.39 Å². The Morgan fingerprint density at radius 1 is 1.09 bits per heavy atom. The number of halogens is 1. The van der Waals surface area contributed by atoms with E-state index in [-0.39, 0.29) is 11.8 Å². The molecule has 0 saturated carbocycles. The van der Waals surface area contributed by atoms with Crippen molar-refractivity contribution >= 4 is 17.6 Å². The van der Waals surface area contributed by atoms with Crippen LogP contribution in [0.2, 0.25) is 0 Å². The summed E-state index contributed by atoms with van der Waals surface area (Å²) in [6.45, 7) is 4.65. The molecule has 1 fully saturated rings. The van der Waals surface area contributed by atoms with Gasteiger partial charge in [0.25, 0.3) is 0 Å². The Morgan fingerprint density at radius 2 is 1.78 bits per heavy atom. The molecule has 1 saturated heterocycles. The number of nitrogens with two attached hydrogens (primary N) is 1. The summed E-state index contributed by atoms with van der Waals surface area (Å²) in [6, 6.07) is 5.99. The fraction of sp³-hybridized carbons (Fsp3) is 0.400. The third-order valence-electron chi connectivity index (χ3n) is 3.76. The SMILES string of the molecule is CN1CCN(Cc2nc(N)nc(Nc3ccc(F)cc3)n2)CC1. The number of anilines is 3. The number of nitrogen functional groups attached to an aromatic ring is 1. The molecule has 1 aliphatic heterocycles. The van der Waals surface area contributed by atoms with Crippen molar-refractivity contribution < 1.29 is 4.39 Å². The predicted octanol–water partition coefficient (Wildman–Crippen LogP) is 1.08. The molecule has 2 aromatic rings. The van der Waals surface area contributed by atoms with E-state index < -0.39 is 0 Å². The van der Waals surface area contributed by atoms with Crippen LogP contribution in [0.4, 0.5) is 22.0 Å². The molecule has 7 nitrogen and oxygen atoms in total. The molecule has 0 bridgehead atoms. The van der Waals surface area contributed by atoms with Gasteiger partial charge in [0, 0.05) is 31.9 Å². The second kappa shape index (κ2) is 6.84. The molecule has 122 valence electrons. The molecule has 0 atom stereocenters. The molecule has 0 aliphatic carbocycles. The molecule has 1 aliphatic rings. The first-order chi connectivity index (χ1) is 11.1. The number of hydrogen-bond acceptors (Lipinski definition) is 7. The lowest BCUT2D eigenvalue weighted by molar-refractivity contribution is 0.145. The van der Waals surface area contributed by atoms with Crippen LogP contribution < -0.4 is 11.1 Å². The minimum Gasteiger partial charge on any atom is -0.368 e. The molecule has 8 heteroatoms. The van der Waals surface area contributed by atoms with Crippen LogP contribution in [0.5, 0.6) is 0 Å². The molecule has 0 amide bonds. The van der Waals surface area contributed by atoms with Gasteiger partial charge in [-0.05, 0) is 31.3 Å². The highest BCUT2D eigenvalue weighted by atomic mass is 19.1. The number of likely N-dealkylation sites (N-methyl/N-ethyl adjacent to an activating group) is 1. The van der Waals surface area contributed by atoms with E-state index >= 15 is 0 Å². The molecule has 1 aromatic heterocycles. The number of nitrogens with one attached hydrogen (secondary N) is 1. The van der Waals surface area contributed by atoms with Gasteiger partial charge in [-0.25, -0.2) is 4.39 Å². The average Bonchev–Trinajstić information content (AvgIpc) is 2.51. The zero-order valence-electron chi connectivity index (χ0n) is 13.0. The van der Waals surface area contributed by atoms with Crippen LogP contribution in [0.1, 0.15) is 5.82 Å². The topological polar surface area (TPSA) is 83.2 Å². The van der Waals surface area contributed by atoms with E-state index in [1.165, 1.54) is 12.1 Å². The van der Waals surface area contributed by atoms with Crippen molar-refractivity contribution in [2.24, 2.45) is 0 Å². The van der Waals surface area contributed by atoms with Crippen molar-refractivity contribution in [1.82, 2.24) is 24.8 Å². The van der Waals surface area contributed by atoms with E-state index in [4.69, 9.17) is 5.73 Å². The van der Waals surface area contributed by atoms with E-state index in [1.54, 1.807) is 12.1 Å². The van der Waals surface area contributed by atoms with Crippen molar-refractivity contribution in [2.75, 3.05) is 44.3 Å². The molecule has 2 heterocycles. The number of nitrogens with zero attached hydrogens (tertiary/aromatic N) is 5. The van der Waals surface area contributed by atoms with E-state index in [0.717, 1.165) is 26.2 Å². The molecule has 23 heavy (non-hydrogen) atoms. The second-order valence-electron chi connectivity index (χ2n) is 5.64. The maximum absolute atomic E-state index is 12.9. The van der Waals surface area contributed by atoms with Crippen molar-refractivity contribution in [3.05, 3.63) is 35.9 Å². The summed E-state index contributed by atoms with van der Waals surface area (Å²) in [5, 5.41) is 3.02. The third kappa shape index (κ3) is 4.33. The van der Waals surface area contributed by atoms with Gasteiger partial charge < -0.3 is 16.0 Å². The number of aromatic nitrogens is 3. The van der Waals surface area contributed by atoms with Crippen molar-refractivity contribution in [3.63, 3.8) is 0 Å². The smallest absolute Gasteiger partial charge is 0.232 e. The first-order valence-corrected chi connectivity index (χ1v) is 7.52. The molecule has 3 rings (SSSR count). The largest absolute Gasteiger partial charge is 0.368 e. The number of piperazine rings is 1. The van der Waals surface area contributed by atoms with Crippen LogP contribution in [-0.2, 0) is 6.54 Å². The van der Waals surface area contributed by atoms with Crippen LogP contribution in [0, 0.1) is 5.82 Å². The van der Waals surface area contributed by atoms with Gasteiger partial charge in [-0.1, -0.05) is 0 Å². The maximum Gasteiger partial charge on any atom is 0.232 e. The fourth-order valence-electron chi connectivity index (χ4n) is 2.43. The predicted molar refractivity (Wildman–Crippen MR) is 86.7 cm³/mol. The molecule has 0 spiro atoms. The molecular weight excluding hydrogens is 297 g/mol. The lowest BCUT2D eigenvalue weighted by Crippen LogP contribution is -2.44. The van der Waals surface area contributed by atoms with Gasteiger partial charge in [-0.15, -0.1) is 0 Å². The van der Waals surface area contributed by atoms with Crippen molar-refractivity contribution in [1.29, 1.82) is 0 Å². The highest BCUT2D eigenvalue weighted by Gasteiger charge is 2.16. The van der Waals surface area contributed by atoms with Gasteiger partial charge >= 0.3 is 0 Å². The van der Waals surface area contributed by atoms with Gasteiger partial charge in [-0.2, -0.15) is 15.0 Å². The third-order valence-corrected chi connectivity index (χ3v) is 3.76. The van der Waals surface area contributed by atoms with Crippen LogP contribution in [-0.4, -0.2) is 58.0 Å². The minimum absolute atomic E-state index is 0.175. The van der Waals surface area contributed by atoms with Gasteiger partial charge in [0.2, 0.25) is 11.9 Å². The number of rotatable bonds is 4. The molecule has 1 aromatic carbocycles. The molecule has 3 N–H and O–H groups in total. The van der Waals surface area contributed by atoms with E-state index in [0.29, 0.717) is 24.0 Å². The number of hydrogen-bond donors (Lipinski definition) is 2. The van der Waals surface area contributed by atoms with Crippen LogP contribution >= 0.6 is 0 Å². The van der Waals surface area contributed by atoms with E-state index in [1.807, 2.05) is 0 Å². The summed E-state index contributed by atoms with van der Waals surface area (Å²) >= 11 is 0. The van der Waals surface area contributed by atoms with Crippen LogP contribution in [0.3, 0.4) is 0 Å². The summed E-state index contributed by atoms with van der Waals surface area (Å²) in [5.41, 5.74) is 6.47. The lowest BCUT2D eigenvalue weighted by Gasteiger charge is -2.31. The average molecular weight is 317 g/mol. The highest BCUT2D eigenvalue weighted by molar-refractivity contribution is 5.53. The Morgan fingerprint density at radius 3 is 2.48 bits per heavy atom. The molecular formula is C15H20FN7. The zero-order chi connectivity index (χ0) is 16.2. The fourth-order valence-corrected chi connectivity index (χ4v) is 2.43. The summed E-state index contributed by atoms with van der Waals surface area (Å²) in [6.07, 6.45) is 0. The lowest BCUT2D eigenvalue weighted by atomic mass is 10.3. The van der Waals surface area contributed by atoms with Crippen LogP contribution in [0.25, 0.3) is 0 Å². The summed E-state index contributed by atoms with van der Waals surface area (Å²) in [4.78, 5) is 17.3. The van der Waals surface area contributed by atoms with Gasteiger partial charge in [0.15, 0.2) is 0 Å². The van der Waals surface area contributed by atoms with Crippen LogP contribution in [0.15, 0.2) is 24.3 Å². The Labute approximate surface area is 134 Å². The monoisotopic (exact) mass is 317 g/mol. The second-order valence-corrected chi connectivity index (χ2v) is 5.64. The highest BCUT2D eigenvalue weighted by Crippen LogP contribution is 2.15. The normalized spacial score (nSPS) is 16.4. The van der Waals surface area contributed by atoms with Gasteiger partial charge in [0.1, 0.15) is 11.6 Å². The summed E-state index contributed by atoms with van der Waals surface area (Å²) < 4.78 is 12.9. The maximum atomic E-state index is 12.9. The van der Waals surface area contributed by atoms with Gasteiger partial charge in [0.05, 0.1) is 6.54 Å². The first kappa shape index (κ1) is 15.6. The molecule has 0 radical (unpaired) electrons. The number of benzene rings is 1. The van der Waals surface area contributed by atoms with E-state index in [2.05, 4.69) is 37.1 Å². The Balaban J connectivity index is 1.70. The Bertz CT molecular complexity index is 653. The standard InChI is InChI=1S/C15H20FN7/c1-22-6-8-23(9-7-22)10-13-19-14(17)21-15(20-13)18-12-4-2-11(16)3-5-12/h2-5H,6-10H2,1H3,(H3,17,18,19,20,21). The Kier molecular flexibility index (Phi) is 4.63. The Hall–Kier alpha value is -2.32. The first-order valence-electron chi connectivity index (χ1n) is 7.52. The minimum atomic E-state index is -0.290. The summed E-state index contributed by atoms with van der Waals surface area (Å²) in [5.74, 6) is 0.884. The quantitative estimate of drug-likeness (QED) is 0.873. The van der Waals surface area contributed by atoms with Crippen molar-refractivity contribution in [3.8, 4) is 0 Å². The van der Waals surface area contributed by atoms with Gasteiger partial charge in [-0.3, -0.25) is 4.90 Å².